The van der Waals surface area contributed by atoms with E-state index in [0.29, 0.717) is 34.9 Å². The summed E-state index contributed by atoms with van der Waals surface area (Å²) in [5, 5.41) is 15.5. The fourth-order valence-electron chi connectivity index (χ4n) is 3.80. The van der Waals surface area contributed by atoms with Crippen molar-refractivity contribution in [1.82, 2.24) is 25.2 Å². The number of esters is 1. The van der Waals surface area contributed by atoms with E-state index in [9.17, 15) is 4.79 Å². The predicted molar refractivity (Wildman–Crippen MR) is 140 cm³/mol. The van der Waals surface area contributed by atoms with Crippen molar-refractivity contribution in [2.75, 3.05) is 19.5 Å². The molecule has 0 atom stereocenters. The molecular weight excluding hydrogens is 492 g/mol. The molecule has 0 amide bonds. The number of rotatable bonds is 9. The van der Waals surface area contributed by atoms with Crippen LogP contribution in [0.4, 0.5) is 5.82 Å². The lowest BCUT2D eigenvalue weighted by Crippen LogP contribution is -2.06. The molecule has 0 spiro atoms. The number of carbonyl (C=O) groups excluding carboxylic acids is 1. The van der Waals surface area contributed by atoms with E-state index in [4.69, 9.17) is 19.9 Å². The van der Waals surface area contributed by atoms with Gasteiger partial charge in [0.2, 0.25) is 5.82 Å². The van der Waals surface area contributed by atoms with E-state index >= 15 is 0 Å². The molecule has 37 heavy (non-hydrogen) atoms. The number of nitrogens with zero attached hydrogens (tertiary/aromatic N) is 5. The maximum absolute atomic E-state index is 12.3. The third-order valence-electron chi connectivity index (χ3n) is 5.62. The van der Waals surface area contributed by atoms with Crippen molar-refractivity contribution in [2.45, 2.75) is 20.1 Å². The Kier molecular flexibility index (Phi) is 6.95. The van der Waals surface area contributed by atoms with Crippen LogP contribution in [-0.4, -0.2) is 44.9 Å². The van der Waals surface area contributed by atoms with Crippen molar-refractivity contribution < 1.29 is 19.0 Å². The zero-order valence-corrected chi connectivity index (χ0v) is 21.1. The Morgan fingerprint density at radius 3 is 2.76 bits per heavy atom. The number of nitrogen functional groups attached to an aromatic ring is 1. The molecule has 11 heteroatoms. The normalized spacial score (nSPS) is 11.0. The molecule has 5 rings (SSSR count). The quantitative estimate of drug-likeness (QED) is 0.285. The Morgan fingerprint density at radius 1 is 1.14 bits per heavy atom. The van der Waals surface area contributed by atoms with Gasteiger partial charge in [0.15, 0.2) is 0 Å². The van der Waals surface area contributed by atoms with Crippen LogP contribution in [0.25, 0.3) is 21.5 Å². The van der Waals surface area contributed by atoms with E-state index in [2.05, 4.69) is 20.4 Å². The number of carbonyl (C=O) groups is 1. The van der Waals surface area contributed by atoms with Gasteiger partial charge in [0.05, 0.1) is 30.5 Å². The van der Waals surface area contributed by atoms with Gasteiger partial charge < -0.3 is 19.9 Å². The molecular formula is C26H24N6O4S. The van der Waals surface area contributed by atoms with Crippen LogP contribution in [0.5, 0.6) is 11.5 Å². The highest BCUT2D eigenvalue weighted by molar-refractivity contribution is 7.17. The van der Waals surface area contributed by atoms with E-state index in [1.165, 1.54) is 17.5 Å². The average Bonchev–Trinajstić information content (AvgIpc) is 3.56. The summed E-state index contributed by atoms with van der Waals surface area (Å²) in [5.41, 5.74) is 9.19. The molecule has 188 valence electrons. The SMILES string of the molecule is CCOC(=O)c1cnc(N)c2c(COc3cccc(-c4nnn(Cc5ccc(OC)cc5)n4)c3)csc12. The fraction of sp³-hybridized carbons (Fsp3) is 0.192. The van der Waals surface area contributed by atoms with Crippen LogP contribution in [-0.2, 0) is 17.9 Å². The van der Waals surface area contributed by atoms with Gasteiger partial charge in [-0.25, -0.2) is 9.78 Å². The number of aromatic nitrogens is 5. The van der Waals surface area contributed by atoms with Crippen LogP contribution in [0.2, 0.25) is 0 Å². The third-order valence-corrected chi connectivity index (χ3v) is 6.68. The zero-order valence-electron chi connectivity index (χ0n) is 20.2. The van der Waals surface area contributed by atoms with Gasteiger partial charge in [0.1, 0.15) is 23.9 Å². The molecule has 0 aliphatic rings. The smallest absolute Gasteiger partial charge is 0.341 e. The van der Waals surface area contributed by atoms with E-state index in [0.717, 1.165) is 27.1 Å². The standard InChI is InChI=1S/C26H24N6O4S/c1-3-35-26(33)21-12-28-24(27)22-18(15-37-23(21)22)14-36-20-6-4-5-17(11-20)25-29-31-32(30-25)13-16-7-9-19(34-2)10-8-16/h4-12,15H,3,13-14H2,1-2H3,(H2,27,28). The summed E-state index contributed by atoms with van der Waals surface area (Å²) in [6.45, 7) is 2.78. The summed E-state index contributed by atoms with van der Waals surface area (Å²) < 4.78 is 17.1. The van der Waals surface area contributed by atoms with Gasteiger partial charge in [-0.2, -0.15) is 4.80 Å². The van der Waals surface area contributed by atoms with Gasteiger partial charge in [-0.05, 0) is 47.3 Å². The highest BCUT2D eigenvalue weighted by atomic mass is 32.1. The number of fused-ring (bicyclic) bond motifs is 1. The Labute approximate surface area is 216 Å². The molecule has 3 heterocycles. The number of hydrogen-bond acceptors (Lipinski definition) is 10. The summed E-state index contributed by atoms with van der Waals surface area (Å²) in [7, 11) is 1.63. The number of tetrazole rings is 1. The summed E-state index contributed by atoms with van der Waals surface area (Å²) in [4.78, 5) is 18.0. The zero-order chi connectivity index (χ0) is 25.8. The maximum atomic E-state index is 12.3. The van der Waals surface area contributed by atoms with Crippen molar-refractivity contribution in [3.8, 4) is 22.9 Å². The molecule has 0 bridgehead atoms. The Bertz CT molecular complexity index is 1550. The minimum Gasteiger partial charge on any atom is -0.497 e. The second-order valence-electron chi connectivity index (χ2n) is 8.05. The minimum atomic E-state index is -0.422. The average molecular weight is 517 g/mol. The molecule has 0 saturated heterocycles. The number of methoxy groups -OCH3 is 1. The second kappa shape index (κ2) is 10.6. The van der Waals surface area contributed by atoms with Crippen molar-refractivity contribution in [3.05, 3.63) is 76.8 Å². The van der Waals surface area contributed by atoms with Gasteiger partial charge >= 0.3 is 5.97 Å². The minimum absolute atomic E-state index is 0.249. The van der Waals surface area contributed by atoms with Crippen LogP contribution >= 0.6 is 11.3 Å². The van der Waals surface area contributed by atoms with Gasteiger partial charge in [-0.1, -0.05) is 24.3 Å². The molecule has 0 unspecified atom stereocenters. The lowest BCUT2D eigenvalue weighted by molar-refractivity contribution is 0.0528. The molecule has 0 aliphatic carbocycles. The molecule has 0 aliphatic heterocycles. The second-order valence-corrected chi connectivity index (χ2v) is 8.93. The van der Waals surface area contributed by atoms with Crippen LogP contribution in [0, 0.1) is 0 Å². The van der Waals surface area contributed by atoms with Crippen LogP contribution in [0.3, 0.4) is 0 Å². The van der Waals surface area contributed by atoms with E-state index < -0.39 is 5.97 Å². The molecule has 2 aromatic carbocycles. The lowest BCUT2D eigenvalue weighted by Gasteiger charge is -2.08. The van der Waals surface area contributed by atoms with Crippen molar-refractivity contribution in [1.29, 1.82) is 0 Å². The first kappa shape index (κ1) is 24.2. The van der Waals surface area contributed by atoms with E-state index in [1.54, 1.807) is 18.8 Å². The van der Waals surface area contributed by atoms with Gasteiger partial charge in [0, 0.05) is 22.7 Å². The molecule has 0 radical (unpaired) electrons. The molecule has 3 aromatic heterocycles. The monoisotopic (exact) mass is 516 g/mol. The van der Waals surface area contributed by atoms with Crippen molar-refractivity contribution in [3.63, 3.8) is 0 Å². The van der Waals surface area contributed by atoms with Gasteiger partial charge in [-0.3, -0.25) is 0 Å². The Morgan fingerprint density at radius 2 is 1.97 bits per heavy atom. The number of hydrogen-bond donors (Lipinski definition) is 1. The molecule has 0 fully saturated rings. The fourth-order valence-corrected chi connectivity index (χ4v) is 4.86. The molecule has 0 saturated carbocycles. The maximum Gasteiger partial charge on any atom is 0.341 e. The lowest BCUT2D eigenvalue weighted by atomic mass is 10.1. The number of ether oxygens (including phenoxy) is 3. The topological polar surface area (TPSA) is 127 Å². The van der Waals surface area contributed by atoms with Crippen LogP contribution in [0.15, 0.2) is 60.1 Å². The summed E-state index contributed by atoms with van der Waals surface area (Å²) >= 11 is 1.41. The number of benzene rings is 2. The first-order valence-electron chi connectivity index (χ1n) is 11.5. The van der Waals surface area contributed by atoms with Crippen LogP contribution in [0.1, 0.15) is 28.4 Å². The van der Waals surface area contributed by atoms with Crippen molar-refractivity contribution >= 4 is 33.2 Å². The van der Waals surface area contributed by atoms with E-state index in [1.807, 2.05) is 53.9 Å². The summed E-state index contributed by atoms with van der Waals surface area (Å²) in [5.74, 6) is 1.84. The van der Waals surface area contributed by atoms with Gasteiger partial charge in [-0.15, -0.1) is 21.5 Å². The number of anilines is 1. The molecule has 5 aromatic rings. The number of nitrogens with two attached hydrogens (primary N) is 1. The summed E-state index contributed by atoms with van der Waals surface area (Å²) in [6, 6.07) is 15.2. The van der Waals surface area contributed by atoms with Crippen LogP contribution < -0.4 is 15.2 Å². The highest BCUT2D eigenvalue weighted by Crippen LogP contribution is 2.33. The Balaban J connectivity index is 1.31. The third kappa shape index (κ3) is 5.21. The largest absolute Gasteiger partial charge is 0.497 e. The molecule has 10 nitrogen and oxygen atoms in total. The molecule has 2 N–H and O–H groups in total. The highest BCUT2D eigenvalue weighted by Gasteiger charge is 2.18. The van der Waals surface area contributed by atoms with Crippen molar-refractivity contribution in [2.24, 2.45) is 0 Å². The first-order valence-corrected chi connectivity index (χ1v) is 12.4. The first-order chi connectivity index (χ1) is 18.1. The number of pyridine rings is 1. The summed E-state index contributed by atoms with van der Waals surface area (Å²) in [6.07, 6.45) is 1.45. The van der Waals surface area contributed by atoms with E-state index in [-0.39, 0.29) is 13.2 Å². The van der Waals surface area contributed by atoms with Gasteiger partial charge in [0.25, 0.3) is 0 Å². The predicted octanol–water partition coefficient (Wildman–Crippen LogP) is 4.34. The number of thiophene rings is 1. The Hall–Kier alpha value is -4.51.